The van der Waals surface area contributed by atoms with Crippen molar-refractivity contribution in [2.75, 3.05) is 11.5 Å². The highest BCUT2D eigenvalue weighted by atomic mass is 32.2. The highest BCUT2D eigenvalue weighted by Gasteiger charge is 2.49. The Labute approximate surface area is 103 Å². The third-order valence-corrected chi connectivity index (χ3v) is 4.94. The van der Waals surface area contributed by atoms with E-state index in [0.717, 1.165) is 30.2 Å². The first-order valence-corrected chi connectivity index (χ1v) is 6.99. The number of rotatable bonds is 3. The van der Waals surface area contributed by atoms with E-state index < -0.39 is 11.5 Å². The number of carboxylic acid groups (broad SMARTS) is 1. The van der Waals surface area contributed by atoms with Gasteiger partial charge in [0.2, 0.25) is 0 Å². The lowest BCUT2D eigenvalue weighted by atomic mass is 9.76. The largest absolute Gasteiger partial charge is 0.479 e. The van der Waals surface area contributed by atoms with E-state index in [9.17, 15) is 9.90 Å². The molecule has 6 nitrogen and oxygen atoms in total. The highest BCUT2D eigenvalue weighted by Crippen LogP contribution is 2.41. The Morgan fingerprint density at radius 1 is 1.53 bits per heavy atom. The number of aromatic nitrogens is 4. The smallest absolute Gasteiger partial charge is 0.331 e. The number of aliphatic carboxylic acids is 1. The molecule has 1 saturated carbocycles. The van der Waals surface area contributed by atoms with Gasteiger partial charge in [-0.05, 0) is 41.9 Å². The Hall–Kier alpha value is -1.11. The van der Waals surface area contributed by atoms with E-state index in [1.54, 1.807) is 4.68 Å². The van der Waals surface area contributed by atoms with Gasteiger partial charge in [-0.2, -0.15) is 11.8 Å². The average Bonchev–Trinajstić information content (AvgIpc) is 2.82. The summed E-state index contributed by atoms with van der Waals surface area (Å²) in [5.74, 6) is 2.38. The van der Waals surface area contributed by atoms with E-state index in [1.807, 2.05) is 11.8 Å². The van der Waals surface area contributed by atoms with E-state index in [0.29, 0.717) is 18.8 Å². The van der Waals surface area contributed by atoms with E-state index in [4.69, 9.17) is 0 Å². The predicted octanol–water partition coefficient (Wildman–Crippen LogP) is 0.857. The quantitative estimate of drug-likeness (QED) is 0.861. The minimum Gasteiger partial charge on any atom is -0.479 e. The summed E-state index contributed by atoms with van der Waals surface area (Å²) in [7, 11) is 0. The van der Waals surface area contributed by atoms with Crippen LogP contribution in [0.25, 0.3) is 0 Å². The fourth-order valence-electron chi connectivity index (χ4n) is 2.52. The summed E-state index contributed by atoms with van der Waals surface area (Å²) < 4.78 is 1.58. The van der Waals surface area contributed by atoms with Gasteiger partial charge in [0, 0.05) is 11.7 Å². The molecule has 1 atom stereocenters. The van der Waals surface area contributed by atoms with Crippen LogP contribution in [0.5, 0.6) is 0 Å². The molecule has 3 rings (SSSR count). The maximum absolute atomic E-state index is 11.4. The van der Waals surface area contributed by atoms with E-state index in [2.05, 4.69) is 15.5 Å². The van der Waals surface area contributed by atoms with Crippen molar-refractivity contribution in [2.24, 2.45) is 0 Å². The molecule has 92 valence electrons. The summed E-state index contributed by atoms with van der Waals surface area (Å²) in [6.45, 7) is 0. The highest BCUT2D eigenvalue weighted by molar-refractivity contribution is 7.99. The SMILES string of the molecule is O=C(O)C1(n2nnnc2C2CCSC2)CCC1. The molecular formula is C10H14N4O2S. The molecule has 0 radical (unpaired) electrons. The van der Waals surface area contributed by atoms with Crippen molar-refractivity contribution in [3.05, 3.63) is 5.82 Å². The minimum absolute atomic E-state index is 0.312. The third kappa shape index (κ3) is 1.55. The van der Waals surface area contributed by atoms with Crippen LogP contribution in [0.3, 0.4) is 0 Å². The van der Waals surface area contributed by atoms with Crippen molar-refractivity contribution in [3.8, 4) is 0 Å². The van der Waals surface area contributed by atoms with Crippen LogP contribution < -0.4 is 0 Å². The number of hydrogen-bond acceptors (Lipinski definition) is 5. The molecule has 1 aliphatic carbocycles. The Morgan fingerprint density at radius 3 is 2.88 bits per heavy atom. The Balaban J connectivity index is 1.97. The van der Waals surface area contributed by atoms with Gasteiger partial charge < -0.3 is 5.11 Å². The molecule has 0 spiro atoms. The second-order valence-electron chi connectivity index (χ2n) is 4.70. The van der Waals surface area contributed by atoms with Crippen LogP contribution in [0.1, 0.15) is 37.4 Å². The predicted molar refractivity (Wildman–Crippen MR) is 62.0 cm³/mol. The van der Waals surface area contributed by atoms with Crippen LogP contribution in [-0.4, -0.2) is 42.8 Å². The fraction of sp³-hybridized carbons (Fsp3) is 0.800. The van der Waals surface area contributed by atoms with Crippen molar-refractivity contribution in [3.63, 3.8) is 0 Å². The van der Waals surface area contributed by atoms with Gasteiger partial charge in [0.05, 0.1) is 0 Å². The van der Waals surface area contributed by atoms with Crippen LogP contribution in [-0.2, 0) is 10.3 Å². The number of carboxylic acids is 1. The van der Waals surface area contributed by atoms with Crippen molar-refractivity contribution in [1.29, 1.82) is 0 Å². The van der Waals surface area contributed by atoms with Crippen LogP contribution in [0.4, 0.5) is 0 Å². The molecule has 1 unspecified atom stereocenters. The van der Waals surface area contributed by atoms with Gasteiger partial charge in [-0.25, -0.2) is 9.48 Å². The Morgan fingerprint density at radius 2 is 2.35 bits per heavy atom. The number of nitrogens with zero attached hydrogens (tertiary/aromatic N) is 4. The number of carbonyl (C=O) groups is 1. The molecule has 1 aromatic rings. The third-order valence-electron chi connectivity index (χ3n) is 3.77. The minimum atomic E-state index is -0.869. The summed E-state index contributed by atoms with van der Waals surface area (Å²) in [5.41, 5.74) is -0.869. The second-order valence-corrected chi connectivity index (χ2v) is 5.85. The first kappa shape index (κ1) is 11.0. The number of tetrazole rings is 1. The van der Waals surface area contributed by atoms with Crippen LogP contribution >= 0.6 is 11.8 Å². The lowest BCUT2D eigenvalue weighted by molar-refractivity contribution is -0.153. The van der Waals surface area contributed by atoms with Gasteiger partial charge >= 0.3 is 5.97 Å². The molecule has 2 aliphatic rings. The first-order valence-electron chi connectivity index (χ1n) is 5.84. The summed E-state index contributed by atoms with van der Waals surface area (Å²) in [6.07, 6.45) is 3.26. The van der Waals surface area contributed by atoms with Crippen molar-refractivity contribution >= 4 is 17.7 Å². The zero-order valence-corrected chi connectivity index (χ0v) is 10.2. The molecule has 0 amide bonds. The fourth-order valence-corrected chi connectivity index (χ4v) is 3.74. The standard InChI is InChI=1S/C10H14N4O2S/c15-9(16)10(3-1-4-10)14-8(11-12-13-14)7-2-5-17-6-7/h7H,1-6H2,(H,15,16). The molecule has 1 N–H and O–H groups in total. The maximum Gasteiger partial charge on any atom is 0.331 e. The van der Waals surface area contributed by atoms with Crippen molar-refractivity contribution < 1.29 is 9.90 Å². The molecule has 1 saturated heterocycles. The Bertz CT molecular complexity index is 437. The molecule has 2 fully saturated rings. The zero-order valence-electron chi connectivity index (χ0n) is 9.37. The van der Waals surface area contributed by atoms with Crippen molar-refractivity contribution in [2.45, 2.75) is 37.1 Å². The first-order chi connectivity index (χ1) is 8.24. The normalized spacial score (nSPS) is 26.7. The van der Waals surface area contributed by atoms with Crippen molar-refractivity contribution in [1.82, 2.24) is 20.2 Å². The second kappa shape index (κ2) is 3.97. The van der Waals surface area contributed by atoms with Gasteiger partial charge in [0.15, 0.2) is 11.4 Å². The Kier molecular flexibility index (Phi) is 2.57. The van der Waals surface area contributed by atoms with E-state index >= 15 is 0 Å². The van der Waals surface area contributed by atoms with Gasteiger partial charge in [-0.3, -0.25) is 0 Å². The maximum atomic E-state index is 11.4. The number of thioether (sulfide) groups is 1. The van der Waals surface area contributed by atoms with E-state index in [1.165, 1.54) is 0 Å². The lowest BCUT2D eigenvalue weighted by Crippen LogP contribution is -2.49. The molecule has 0 aromatic carbocycles. The molecule has 1 aliphatic heterocycles. The van der Waals surface area contributed by atoms with Gasteiger partial charge in [0.25, 0.3) is 0 Å². The van der Waals surface area contributed by atoms with Crippen LogP contribution in [0, 0.1) is 0 Å². The zero-order chi connectivity index (χ0) is 11.9. The van der Waals surface area contributed by atoms with E-state index in [-0.39, 0.29) is 0 Å². The topological polar surface area (TPSA) is 80.9 Å². The van der Waals surface area contributed by atoms with Gasteiger partial charge in [0.1, 0.15) is 0 Å². The number of hydrogen-bond donors (Lipinski definition) is 1. The molecule has 17 heavy (non-hydrogen) atoms. The van der Waals surface area contributed by atoms with Gasteiger partial charge in [-0.1, -0.05) is 0 Å². The van der Waals surface area contributed by atoms with Crippen LogP contribution in [0.2, 0.25) is 0 Å². The van der Waals surface area contributed by atoms with Crippen LogP contribution in [0.15, 0.2) is 0 Å². The summed E-state index contributed by atoms with van der Waals surface area (Å²) >= 11 is 1.88. The summed E-state index contributed by atoms with van der Waals surface area (Å²) in [4.78, 5) is 11.4. The molecule has 2 heterocycles. The molecule has 0 bridgehead atoms. The monoisotopic (exact) mass is 254 g/mol. The lowest BCUT2D eigenvalue weighted by Gasteiger charge is -2.38. The summed E-state index contributed by atoms with van der Waals surface area (Å²) in [6, 6.07) is 0. The average molecular weight is 254 g/mol. The summed E-state index contributed by atoms with van der Waals surface area (Å²) in [5, 5.41) is 21.1. The molecular weight excluding hydrogens is 240 g/mol. The van der Waals surface area contributed by atoms with Gasteiger partial charge in [-0.15, -0.1) is 5.10 Å². The molecule has 1 aromatic heterocycles. The molecule has 7 heteroatoms.